The quantitative estimate of drug-likeness (QED) is 0.606. The molecule has 0 spiro atoms. The fourth-order valence-electron chi connectivity index (χ4n) is 4.30. The van der Waals surface area contributed by atoms with Gasteiger partial charge in [-0.2, -0.15) is 5.10 Å². The molecule has 4 rings (SSSR count). The third-order valence-electron chi connectivity index (χ3n) is 6.19. The number of fused-ring (bicyclic) bond motifs is 1. The summed E-state index contributed by atoms with van der Waals surface area (Å²) in [6, 6.07) is 15.5. The molecule has 172 valence electrons. The van der Waals surface area contributed by atoms with Crippen molar-refractivity contribution in [3.8, 4) is 5.69 Å². The fraction of sp³-hybridized carbons (Fsp3) is 0.346. The zero-order valence-corrected chi connectivity index (χ0v) is 19.6. The van der Waals surface area contributed by atoms with Crippen molar-refractivity contribution in [2.75, 3.05) is 38.1 Å². The number of benzene rings is 2. The molecular formula is C26H31N5O2. The Hall–Kier alpha value is -3.45. The molecule has 7 heteroatoms. The second kappa shape index (κ2) is 10.0. The first kappa shape index (κ1) is 22.7. The molecule has 33 heavy (non-hydrogen) atoms. The summed E-state index contributed by atoms with van der Waals surface area (Å²) < 4.78 is 1.78. The van der Waals surface area contributed by atoms with Gasteiger partial charge < -0.3 is 14.7 Å². The van der Waals surface area contributed by atoms with E-state index in [0.717, 1.165) is 42.0 Å². The number of aryl methyl sites for hydroxylation is 1. The lowest BCUT2D eigenvalue weighted by Gasteiger charge is -2.27. The fourth-order valence-corrected chi connectivity index (χ4v) is 4.30. The van der Waals surface area contributed by atoms with E-state index in [9.17, 15) is 9.59 Å². The number of nitrogens with zero attached hydrogens (tertiary/aromatic N) is 5. The molecule has 1 aliphatic rings. The van der Waals surface area contributed by atoms with Crippen molar-refractivity contribution in [3.63, 3.8) is 0 Å². The van der Waals surface area contributed by atoms with Crippen LogP contribution < -0.4 is 4.90 Å². The summed E-state index contributed by atoms with van der Waals surface area (Å²) >= 11 is 0. The Labute approximate surface area is 195 Å². The predicted molar refractivity (Wildman–Crippen MR) is 130 cm³/mol. The molecule has 0 saturated heterocycles. The van der Waals surface area contributed by atoms with Gasteiger partial charge in [-0.05, 0) is 62.3 Å². The van der Waals surface area contributed by atoms with Crippen molar-refractivity contribution in [3.05, 3.63) is 77.6 Å². The molecule has 7 nitrogen and oxygen atoms in total. The molecule has 3 aromatic rings. The SMILES string of the molecule is CC(=O)N1CCCN(C)CCN(C(=O)c2ccc(C)c(-n3cccn3)c2)Cc2ccccc21. The average molecular weight is 446 g/mol. The molecule has 0 bridgehead atoms. The molecule has 2 aromatic carbocycles. The standard InChI is InChI=1S/C26H31N5O2/c1-20-10-11-22(18-25(20)31-15-6-12-27-31)26(33)29-17-16-28(3)13-7-14-30(21(2)32)24-9-5-4-8-23(24)19-29/h4-6,8-12,15,18H,7,13-14,16-17,19H2,1-3H3. The average Bonchev–Trinajstić information content (AvgIpc) is 3.33. The van der Waals surface area contributed by atoms with Crippen LogP contribution in [0, 0.1) is 6.92 Å². The first-order valence-electron chi connectivity index (χ1n) is 11.4. The van der Waals surface area contributed by atoms with Crippen LogP contribution >= 0.6 is 0 Å². The normalized spacial score (nSPS) is 15.6. The monoisotopic (exact) mass is 445 g/mol. The van der Waals surface area contributed by atoms with Crippen LogP contribution in [0.4, 0.5) is 5.69 Å². The van der Waals surface area contributed by atoms with Gasteiger partial charge in [0.1, 0.15) is 0 Å². The van der Waals surface area contributed by atoms with E-state index < -0.39 is 0 Å². The van der Waals surface area contributed by atoms with Gasteiger partial charge in [-0.3, -0.25) is 9.59 Å². The van der Waals surface area contributed by atoms with Crippen molar-refractivity contribution >= 4 is 17.5 Å². The molecule has 2 heterocycles. The summed E-state index contributed by atoms with van der Waals surface area (Å²) in [6.45, 7) is 6.96. The van der Waals surface area contributed by atoms with Crippen LogP contribution in [0.25, 0.3) is 5.69 Å². The van der Waals surface area contributed by atoms with Crippen molar-refractivity contribution in [2.24, 2.45) is 0 Å². The van der Waals surface area contributed by atoms with Crippen molar-refractivity contribution < 1.29 is 9.59 Å². The van der Waals surface area contributed by atoms with Gasteiger partial charge in [-0.15, -0.1) is 0 Å². The van der Waals surface area contributed by atoms with E-state index in [0.29, 0.717) is 25.2 Å². The van der Waals surface area contributed by atoms with Crippen LogP contribution in [0.2, 0.25) is 0 Å². The maximum atomic E-state index is 13.7. The lowest BCUT2D eigenvalue weighted by atomic mass is 10.1. The van der Waals surface area contributed by atoms with Gasteiger partial charge in [0.2, 0.25) is 5.91 Å². The van der Waals surface area contributed by atoms with Gasteiger partial charge in [-0.25, -0.2) is 4.68 Å². The van der Waals surface area contributed by atoms with Gasteiger partial charge in [-0.1, -0.05) is 24.3 Å². The molecule has 0 saturated carbocycles. The Morgan fingerprint density at radius 3 is 2.52 bits per heavy atom. The zero-order chi connectivity index (χ0) is 23.4. The second-order valence-corrected chi connectivity index (χ2v) is 8.63. The number of aromatic nitrogens is 2. The molecule has 0 atom stereocenters. The molecular weight excluding hydrogens is 414 g/mol. The molecule has 2 amide bonds. The highest BCUT2D eigenvalue weighted by atomic mass is 16.2. The second-order valence-electron chi connectivity index (χ2n) is 8.63. The molecule has 1 aliphatic heterocycles. The van der Waals surface area contributed by atoms with Gasteiger partial charge >= 0.3 is 0 Å². The van der Waals surface area contributed by atoms with Crippen LogP contribution in [0.3, 0.4) is 0 Å². The van der Waals surface area contributed by atoms with E-state index in [2.05, 4.69) is 17.0 Å². The van der Waals surface area contributed by atoms with Gasteiger partial charge in [0.05, 0.1) is 5.69 Å². The van der Waals surface area contributed by atoms with E-state index in [1.165, 1.54) is 0 Å². The molecule has 0 aliphatic carbocycles. The van der Waals surface area contributed by atoms with E-state index in [4.69, 9.17) is 0 Å². The summed E-state index contributed by atoms with van der Waals surface area (Å²) in [6.07, 6.45) is 4.49. The summed E-state index contributed by atoms with van der Waals surface area (Å²) in [5.74, 6) is -0.00939. The largest absolute Gasteiger partial charge is 0.333 e. The maximum absolute atomic E-state index is 13.7. The highest BCUT2D eigenvalue weighted by molar-refractivity contribution is 5.95. The number of amides is 2. The van der Waals surface area contributed by atoms with Crippen molar-refractivity contribution in [1.29, 1.82) is 0 Å². The first-order valence-corrected chi connectivity index (χ1v) is 11.4. The third kappa shape index (κ3) is 5.14. The predicted octanol–water partition coefficient (Wildman–Crippen LogP) is 3.51. The Kier molecular flexibility index (Phi) is 6.89. The number of likely N-dealkylation sites (N-methyl/N-ethyl adjacent to an activating group) is 1. The maximum Gasteiger partial charge on any atom is 0.254 e. The van der Waals surface area contributed by atoms with Crippen LogP contribution in [-0.2, 0) is 11.3 Å². The van der Waals surface area contributed by atoms with Crippen molar-refractivity contribution in [2.45, 2.75) is 26.8 Å². The first-order chi connectivity index (χ1) is 15.9. The Morgan fingerprint density at radius 2 is 1.76 bits per heavy atom. The van der Waals surface area contributed by atoms with E-state index in [1.807, 2.05) is 71.5 Å². The number of para-hydroxylation sites is 1. The van der Waals surface area contributed by atoms with Gasteiger partial charge in [0.25, 0.3) is 5.91 Å². The molecule has 0 N–H and O–H groups in total. The summed E-state index contributed by atoms with van der Waals surface area (Å²) in [7, 11) is 2.06. The van der Waals surface area contributed by atoms with Crippen LogP contribution in [0.5, 0.6) is 0 Å². The third-order valence-corrected chi connectivity index (χ3v) is 6.19. The highest BCUT2D eigenvalue weighted by Gasteiger charge is 2.23. The summed E-state index contributed by atoms with van der Waals surface area (Å²) in [5, 5.41) is 4.33. The lowest BCUT2D eigenvalue weighted by Crippen LogP contribution is -2.37. The van der Waals surface area contributed by atoms with Crippen LogP contribution in [-0.4, -0.2) is 64.6 Å². The highest BCUT2D eigenvalue weighted by Crippen LogP contribution is 2.25. The van der Waals surface area contributed by atoms with E-state index in [1.54, 1.807) is 17.8 Å². The molecule has 0 unspecified atom stereocenters. The lowest BCUT2D eigenvalue weighted by molar-refractivity contribution is -0.116. The Balaban J connectivity index is 1.70. The number of rotatable bonds is 2. The number of anilines is 1. The number of carbonyl (C=O) groups is 2. The number of hydrogen-bond donors (Lipinski definition) is 0. The summed E-state index contributed by atoms with van der Waals surface area (Å²) in [4.78, 5) is 32.1. The molecule has 1 aromatic heterocycles. The topological polar surface area (TPSA) is 61.7 Å². The smallest absolute Gasteiger partial charge is 0.254 e. The van der Waals surface area contributed by atoms with Crippen molar-refractivity contribution in [1.82, 2.24) is 19.6 Å². The number of carbonyl (C=O) groups excluding carboxylic acids is 2. The minimum absolute atomic E-state index is 0.0182. The van der Waals surface area contributed by atoms with Crippen LogP contribution in [0.15, 0.2) is 60.9 Å². The van der Waals surface area contributed by atoms with Gasteiger partial charge in [0.15, 0.2) is 0 Å². The summed E-state index contributed by atoms with van der Waals surface area (Å²) in [5.41, 5.74) is 4.43. The van der Waals surface area contributed by atoms with E-state index in [-0.39, 0.29) is 11.8 Å². The minimum Gasteiger partial charge on any atom is -0.333 e. The minimum atomic E-state index is -0.0276. The Bertz CT molecular complexity index is 1130. The Morgan fingerprint density at radius 1 is 0.939 bits per heavy atom. The number of hydrogen-bond acceptors (Lipinski definition) is 4. The zero-order valence-electron chi connectivity index (χ0n) is 19.6. The van der Waals surface area contributed by atoms with Crippen LogP contribution in [0.1, 0.15) is 34.8 Å². The molecule has 0 radical (unpaired) electrons. The van der Waals surface area contributed by atoms with Gasteiger partial charge in [0, 0.05) is 56.7 Å². The van der Waals surface area contributed by atoms with E-state index >= 15 is 0 Å². The molecule has 0 fully saturated rings.